The van der Waals surface area contributed by atoms with E-state index in [-0.39, 0.29) is 5.56 Å². The Kier molecular flexibility index (Phi) is 9.34. The van der Waals surface area contributed by atoms with Gasteiger partial charge in [-0.25, -0.2) is 9.78 Å². The van der Waals surface area contributed by atoms with Crippen molar-refractivity contribution in [3.05, 3.63) is 64.7 Å². The lowest BCUT2D eigenvalue weighted by atomic mass is 10.1. The fourth-order valence-electron chi connectivity index (χ4n) is 3.43. The van der Waals surface area contributed by atoms with Crippen LogP contribution in [0, 0.1) is 0 Å². The van der Waals surface area contributed by atoms with Crippen LogP contribution in [0.2, 0.25) is 5.02 Å². The molecule has 0 unspecified atom stereocenters. The van der Waals surface area contributed by atoms with E-state index >= 15 is 0 Å². The summed E-state index contributed by atoms with van der Waals surface area (Å²) in [7, 11) is 0. The molecule has 1 aliphatic rings. The van der Waals surface area contributed by atoms with Crippen molar-refractivity contribution in [2.45, 2.75) is 18.9 Å². The maximum absolute atomic E-state index is 13.1. The molecule has 3 heterocycles. The molecule has 1 aliphatic heterocycles. The third-order valence-corrected chi connectivity index (χ3v) is 5.67. The minimum atomic E-state index is -5.08. The van der Waals surface area contributed by atoms with Gasteiger partial charge in [0.25, 0.3) is 5.91 Å². The van der Waals surface area contributed by atoms with Crippen molar-refractivity contribution in [2.24, 2.45) is 0 Å². The number of amides is 1. The van der Waals surface area contributed by atoms with Gasteiger partial charge in [-0.05, 0) is 12.1 Å². The van der Waals surface area contributed by atoms with Gasteiger partial charge in [-0.15, -0.1) is 0 Å². The minimum absolute atomic E-state index is 0.141. The standard InChI is InChI=1S/C20H19ClF3N7O.C2HF3O2/c21-18-14(2-1-3-15(18)20(22,23)24)19(32)31-8-6-30(7-9-31)12-13-10-25-11-17(27-13)28-16-4-5-26-29-16;3-2(4,5)1(6)7/h1-5,10-11H,6-9,12H2,(H2,26,27,28,29);(H,6,7). The Hall–Kier alpha value is -3.92. The number of carboxylic acids is 1. The van der Waals surface area contributed by atoms with E-state index in [4.69, 9.17) is 21.5 Å². The monoisotopic (exact) mass is 579 g/mol. The summed E-state index contributed by atoms with van der Waals surface area (Å²) in [6.07, 6.45) is -4.76. The second-order valence-corrected chi connectivity index (χ2v) is 8.39. The number of H-pyrrole nitrogens is 1. The summed E-state index contributed by atoms with van der Waals surface area (Å²) >= 11 is 5.90. The molecule has 1 fully saturated rings. The maximum atomic E-state index is 13.1. The van der Waals surface area contributed by atoms with E-state index in [9.17, 15) is 31.1 Å². The van der Waals surface area contributed by atoms with E-state index in [1.54, 1.807) is 24.7 Å². The Balaban J connectivity index is 0.000000532. The van der Waals surface area contributed by atoms with Gasteiger partial charge in [-0.2, -0.15) is 31.4 Å². The van der Waals surface area contributed by atoms with E-state index in [1.807, 2.05) is 0 Å². The number of halogens is 7. The zero-order chi connectivity index (χ0) is 28.8. The highest BCUT2D eigenvalue weighted by Crippen LogP contribution is 2.36. The number of aromatic amines is 1. The normalized spacial score (nSPS) is 14.4. The first kappa shape index (κ1) is 29.6. The molecule has 0 saturated carbocycles. The van der Waals surface area contributed by atoms with Crippen LogP contribution in [0.15, 0.2) is 42.9 Å². The number of piperazine rings is 1. The molecule has 0 aliphatic carbocycles. The smallest absolute Gasteiger partial charge is 0.475 e. The van der Waals surface area contributed by atoms with Gasteiger partial charge >= 0.3 is 18.3 Å². The molecule has 0 atom stereocenters. The predicted octanol–water partition coefficient (Wildman–Crippen LogP) is 4.21. The number of hydrogen-bond donors (Lipinski definition) is 3. The van der Waals surface area contributed by atoms with Crippen molar-refractivity contribution in [1.82, 2.24) is 30.0 Å². The third kappa shape index (κ3) is 8.28. The number of nitrogens with one attached hydrogen (secondary N) is 2. The lowest BCUT2D eigenvalue weighted by molar-refractivity contribution is -0.192. The van der Waals surface area contributed by atoms with Crippen LogP contribution in [0.25, 0.3) is 0 Å². The van der Waals surface area contributed by atoms with Crippen LogP contribution in [0.4, 0.5) is 38.0 Å². The summed E-state index contributed by atoms with van der Waals surface area (Å²) < 4.78 is 71.0. The van der Waals surface area contributed by atoms with Gasteiger partial charge in [0, 0.05) is 51.2 Å². The van der Waals surface area contributed by atoms with Crippen molar-refractivity contribution >= 4 is 35.1 Å². The number of alkyl halides is 6. The molecule has 210 valence electrons. The van der Waals surface area contributed by atoms with E-state index in [0.717, 1.165) is 11.8 Å². The number of carbonyl (C=O) groups is 2. The summed E-state index contributed by atoms with van der Waals surface area (Å²) in [6, 6.07) is 5.15. The van der Waals surface area contributed by atoms with Gasteiger partial charge in [-0.3, -0.25) is 19.8 Å². The first-order valence-electron chi connectivity index (χ1n) is 11.0. The van der Waals surface area contributed by atoms with E-state index in [2.05, 4.69) is 30.4 Å². The number of carbonyl (C=O) groups excluding carboxylic acids is 1. The molecule has 3 aromatic rings. The molecule has 17 heteroatoms. The predicted molar refractivity (Wildman–Crippen MR) is 125 cm³/mol. The number of carboxylic acid groups (broad SMARTS) is 1. The average Bonchev–Trinajstić information content (AvgIpc) is 3.37. The van der Waals surface area contributed by atoms with Gasteiger partial charge in [0.15, 0.2) is 5.82 Å². The summed E-state index contributed by atoms with van der Waals surface area (Å²) in [5.74, 6) is -2.09. The van der Waals surface area contributed by atoms with Gasteiger partial charge in [0.1, 0.15) is 5.82 Å². The van der Waals surface area contributed by atoms with Gasteiger partial charge in [0.05, 0.1) is 28.0 Å². The second-order valence-electron chi connectivity index (χ2n) is 8.02. The number of nitrogens with zero attached hydrogens (tertiary/aromatic N) is 5. The van der Waals surface area contributed by atoms with Crippen LogP contribution < -0.4 is 5.32 Å². The molecular formula is C22H20ClF6N7O3. The Morgan fingerprint density at radius 1 is 1.03 bits per heavy atom. The highest BCUT2D eigenvalue weighted by atomic mass is 35.5. The van der Waals surface area contributed by atoms with Crippen molar-refractivity contribution < 1.29 is 41.0 Å². The average molecular weight is 580 g/mol. The van der Waals surface area contributed by atoms with Gasteiger partial charge in [0.2, 0.25) is 0 Å². The quantitative estimate of drug-likeness (QED) is 0.384. The van der Waals surface area contributed by atoms with Crippen molar-refractivity contribution in [3.63, 3.8) is 0 Å². The molecule has 2 aromatic heterocycles. The zero-order valence-corrected chi connectivity index (χ0v) is 20.5. The molecule has 1 aromatic carbocycles. The number of anilines is 2. The SMILES string of the molecule is O=C(O)C(F)(F)F.O=C(c1cccc(C(F)(F)F)c1Cl)N1CCN(Cc2cncc(Nc3cc[nH]n3)n2)CC1. The molecule has 10 nitrogen and oxygen atoms in total. The molecule has 1 saturated heterocycles. The highest BCUT2D eigenvalue weighted by molar-refractivity contribution is 6.34. The first-order valence-corrected chi connectivity index (χ1v) is 11.4. The summed E-state index contributed by atoms with van der Waals surface area (Å²) in [5, 5.41) is 16.3. The number of aromatic nitrogens is 4. The van der Waals surface area contributed by atoms with Crippen LogP contribution >= 0.6 is 11.6 Å². The summed E-state index contributed by atoms with van der Waals surface area (Å²) in [5.41, 5.74) is -0.408. The maximum Gasteiger partial charge on any atom is 0.490 e. The van der Waals surface area contributed by atoms with Gasteiger partial charge < -0.3 is 15.3 Å². The van der Waals surface area contributed by atoms with Crippen molar-refractivity contribution in [2.75, 3.05) is 31.5 Å². The summed E-state index contributed by atoms with van der Waals surface area (Å²) in [4.78, 5) is 34.0. The Morgan fingerprint density at radius 3 is 2.26 bits per heavy atom. The third-order valence-electron chi connectivity index (χ3n) is 5.26. The van der Waals surface area contributed by atoms with E-state index in [1.165, 1.54) is 17.0 Å². The summed E-state index contributed by atoms with van der Waals surface area (Å²) in [6.45, 7) is 2.34. The highest BCUT2D eigenvalue weighted by Gasteiger charge is 2.38. The lowest BCUT2D eigenvalue weighted by Gasteiger charge is -2.34. The lowest BCUT2D eigenvalue weighted by Crippen LogP contribution is -2.48. The fourth-order valence-corrected chi connectivity index (χ4v) is 3.74. The van der Waals surface area contributed by atoms with E-state index in [0.29, 0.717) is 44.4 Å². The van der Waals surface area contributed by atoms with Crippen LogP contribution in [0.5, 0.6) is 0 Å². The van der Waals surface area contributed by atoms with Crippen molar-refractivity contribution in [1.29, 1.82) is 0 Å². The van der Waals surface area contributed by atoms with Crippen molar-refractivity contribution in [3.8, 4) is 0 Å². The van der Waals surface area contributed by atoms with E-state index < -0.39 is 34.8 Å². The number of benzene rings is 1. The van der Waals surface area contributed by atoms with Crippen LogP contribution in [0.3, 0.4) is 0 Å². The molecule has 4 rings (SSSR count). The molecule has 0 bridgehead atoms. The first-order chi connectivity index (χ1) is 18.3. The molecule has 0 radical (unpaired) electrons. The van der Waals surface area contributed by atoms with Gasteiger partial charge in [-0.1, -0.05) is 17.7 Å². The van der Waals surface area contributed by atoms with Crippen LogP contribution in [-0.2, 0) is 17.5 Å². The zero-order valence-electron chi connectivity index (χ0n) is 19.7. The molecule has 3 N–H and O–H groups in total. The Bertz CT molecular complexity index is 1280. The topological polar surface area (TPSA) is 127 Å². The Morgan fingerprint density at radius 2 is 1.69 bits per heavy atom. The fraction of sp³-hybridized carbons (Fsp3) is 0.318. The second kappa shape index (κ2) is 12.3. The molecule has 39 heavy (non-hydrogen) atoms. The minimum Gasteiger partial charge on any atom is -0.475 e. The van der Waals surface area contributed by atoms with Crippen LogP contribution in [-0.4, -0.2) is 79.3 Å². The molecule has 0 spiro atoms. The molecular weight excluding hydrogens is 560 g/mol. The number of rotatable bonds is 5. The number of aliphatic carboxylic acids is 1. The largest absolute Gasteiger partial charge is 0.490 e. The number of hydrogen-bond acceptors (Lipinski definition) is 7. The molecule has 1 amide bonds. The Labute approximate surface area is 221 Å². The van der Waals surface area contributed by atoms with Crippen LogP contribution in [0.1, 0.15) is 21.6 Å².